The lowest BCUT2D eigenvalue weighted by molar-refractivity contribution is -0.145. The van der Waals surface area contributed by atoms with Gasteiger partial charge >= 0.3 is 11.9 Å². The van der Waals surface area contributed by atoms with E-state index in [1.54, 1.807) is 0 Å². The van der Waals surface area contributed by atoms with Crippen LogP contribution in [0.3, 0.4) is 0 Å². The standard InChI is InChI=1S/C15H28N4O7/c1-8(20)12(15(25)26)19-14(24)10(5-6-11(21)22)18-13(23)9(17)4-2-3-7-16/h8-10,12,20H,2-7,16-17H2,1H3,(H,18,23)(H,19,24)(H,21,22)(H,25,26)/t8-,9+,10+,12+/m1/s1. The maximum Gasteiger partial charge on any atom is 0.328 e. The molecule has 150 valence electrons. The number of carboxylic acids is 2. The number of aliphatic hydroxyl groups excluding tert-OH is 1. The number of rotatable bonds is 13. The average Bonchev–Trinajstić information content (AvgIpc) is 2.55. The Bertz CT molecular complexity index is 498. The van der Waals surface area contributed by atoms with Gasteiger partial charge in [-0.05, 0) is 32.7 Å². The molecule has 11 heteroatoms. The van der Waals surface area contributed by atoms with Crippen molar-refractivity contribution >= 4 is 23.8 Å². The van der Waals surface area contributed by atoms with E-state index < -0.39 is 54.4 Å². The number of hydrogen-bond acceptors (Lipinski definition) is 7. The Hall–Kier alpha value is -2.24. The van der Waals surface area contributed by atoms with Crippen molar-refractivity contribution < 1.29 is 34.5 Å². The molecule has 0 fully saturated rings. The molecule has 0 bridgehead atoms. The molecule has 0 spiro atoms. The first-order valence-electron chi connectivity index (χ1n) is 8.29. The van der Waals surface area contributed by atoms with Crippen molar-refractivity contribution in [1.82, 2.24) is 10.6 Å². The number of aliphatic carboxylic acids is 2. The molecule has 11 nitrogen and oxygen atoms in total. The summed E-state index contributed by atoms with van der Waals surface area (Å²) in [5, 5.41) is 31.6. The smallest absolute Gasteiger partial charge is 0.328 e. The summed E-state index contributed by atoms with van der Waals surface area (Å²) >= 11 is 0. The summed E-state index contributed by atoms with van der Waals surface area (Å²) in [6, 6.07) is -3.79. The highest BCUT2D eigenvalue weighted by Crippen LogP contribution is 2.04. The fourth-order valence-corrected chi connectivity index (χ4v) is 2.10. The number of unbranched alkanes of at least 4 members (excludes halogenated alkanes) is 1. The molecule has 0 rings (SSSR count). The van der Waals surface area contributed by atoms with Gasteiger partial charge in [-0.25, -0.2) is 4.79 Å². The van der Waals surface area contributed by atoms with Crippen LogP contribution in [0, 0.1) is 0 Å². The van der Waals surface area contributed by atoms with Gasteiger partial charge in [-0.1, -0.05) is 6.42 Å². The van der Waals surface area contributed by atoms with Gasteiger partial charge in [0, 0.05) is 6.42 Å². The Morgan fingerprint density at radius 3 is 2.08 bits per heavy atom. The molecule has 0 aromatic rings. The van der Waals surface area contributed by atoms with Crippen molar-refractivity contribution in [2.45, 2.75) is 63.3 Å². The van der Waals surface area contributed by atoms with Gasteiger partial charge in [-0.3, -0.25) is 14.4 Å². The number of carbonyl (C=O) groups excluding carboxylic acids is 2. The molecule has 0 aliphatic carbocycles. The number of hydrogen-bond donors (Lipinski definition) is 7. The summed E-state index contributed by atoms with van der Waals surface area (Å²) in [4.78, 5) is 46.1. The SMILES string of the molecule is C[C@@H](O)[C@H](NC(=O)[C@H](CCC(=O)O)NC(=O)[C@@H](N)CCCCN)C(=O)O. The molecular formula is C15H28N4O7. The Morgan fingerprint density at radius 2 is 1.62 bits per heavy atom. The van der Waals surface area contributed by atoms with E-state index >= 15 is 0 Å². The second-order valence-electron chi connectivity index (χ2n) is 5.95. The Balaban J connectivity index is 4.97. The monoisotopic (exact) mass is 376 g/mol. The van der Waals surface area contributed by atoms with Crippen LogP contribution < -0.4 is 22.1 Å². The first-order valence-corrected chi connectivity index (χ1v) is 8.29. The van der Waals surface area contributed by atoms with Gasteiger partial charge in [0.15, 0.2) is 6.04 Å². The molecule has 0 saturated heterocycles. The summed E-state index contributed by atoms with van der Waals surface area (Å²) in [7, 11) is 0. The normalized spacial score (nSPS) is 15.4. The molecule has 0 aliphatic heterocycles. The molecule has 4 atom stereocenters. The Morgan fingerprint density at radius 1 is 1.00 bits per heavy atom. The van der Waals surface area contributed by atoms with E-state index in [1.807, 2.05) is 0 Å². The molecule has 0 aromatic heterocycles. The number of aliphatic hydroxyl groups is 1. The fourth-order valence-electron chi connectivity index (χ4n) is 2.10. The van der Waals surface area contributed by atoms with Crippen LogP contribution in [0.5, 0.6) is 0 Å². The van der Waals surface area contributed by atoms with Crippen molar-refractivity contribution in [3.63, 3.8) is 0 Å². The largest absolute Gasteiger partial charge is 0.481 e. The van der Waals surface area contributed by atoms with Gasteiger partial charge in [-0.2, -0.15) is 0 Å². The Kier molecular flexibility index (Phi) is 11.1. The van der Waals surface area contributed by atoms with Crippen molar-refractivity contribution in [1.29, 1.82) is 0 Å². The van der Waals surface area contributed by atoms with Gasteiger partial charge < -0.3 is 37.4 Å². The zero-order chi connectivity index (χ0) is 20.3. The van der Waals surface area contributed by atoms with E-state index in [-0.39, 0.29) is 6.42 Å². The molecule has 0 aliphatic rings. The molecule has 26 heavy (non-hydrogen) atoms. The van der Waals surface area contributed by atoms with E-state index in [0.717, 1.165) is 0 Å². The lowest BCUT2D eigenvalue weighted by Crippen LogP contribution is -2.56. The third kappa shape index (κ3) is 9.30. The number of carbonyl (C=O) groups is 4. The third-order valence-corrected chi connectivity index (χ3v) is 3.63. The molecule has 0 saturated carbocycles. The zero-order valence-corrected chi connectivity index (χ0v) is 14.7. The van der Waals surface area contributed by atoms with Crippen LogP contribution in [0.25, 0.3) is 0 Å². The van der Waals surface area contributed by atoms with Gasteiger partial charge in [0.2, 0.25) is 11.8 Å². The quantitative estimate of drug-likeness (QED) is 0.173. The lowest BCUT2D eigenvalue weighted by atomic mass is 10.1. The van der Waals surface area contributed by atoms with E-state index in [9.17, 15) is 24.3 Å². The van der Waals surface area contributed by atoms with Crippen LogP contribution in [-0.2, 0) is 19.2 Å². The summed E-state index contributed by atoms with van der Waals surface area (Å²) in [6.07, 6.45) is -0.437. The highest BCUT2D eigenvalue weighted by atomic mass is 16.4. The van der Waals surface area contributed by atoms with Crippen LogP contribution in [-0.4, -0.2) is 69.8 Å². The third-order valence-electron chi connectivity index (χ3n) is 3.63. The number of nitrogens with one attached hydrogen (secondary N) is 2. The molecule has 9 N–H and O–H groups in total. The highest BCUT2D eigenvalue weighted by Gasteiger charge is 2.30. The summed E-state index contributed by atoms with van der Waals surface area (Å²) < 4.78 is 0. The number of carboxylic acid groups (broad SMARTS) is 2. The second-order valence-corrected chi connectivity index (χ2v) is 5.95. The maximum atomic E-state index is 12.2. The predicted molar refractivity (Wildman–Crippen MR) is 90.9 cm³/mol. The minimum atomic E-state index is -1.59. The van der Waals surface area contributed by atoms with Gasteiger partial charge in [-0.15, -0.1) is 0 Å². The second kappa shape index (κ2) is 12.2. The number of nitrogens with two attached hydrogens (primary N) is 2. The van der Waals surface area contributed by atoms with Gasteiger partial charge in [0.25, 0.3) is 0 Å². The molecule has 0 radical (unpaired) electrons. The summed E-state index contributed by atoms with van der Waals surface area (Å²) in [6.45, 7) is 1.63. The predicted octanol–water partition coefficient (Wildman–Crippen LogP) is -2.26. The van der Waals surface area contributed by atoms with Crippen LogP contribution in [0.15, 0.2) is 0 Å². The van der Waals surface area contributed by atoms with Crippen molar-refractivity contribution in [2.24, 2.45) is 11.5 Å². The van der Waals surface area contributed by atoms with E-state index in [1.165, 1.54) is 6.92 Å². The Labute approximate surface area is 151 Å². The molecule has 0 aromatic carbocycles. The summed E-state index contributed by atoms with van der Waals surface area (Å²) in [5.74, 6) is -4.22. The average molecular weight is 376 g/mol. The summed E-state index contributed by atoms with van der Waals surface area (Å²) in [5.41, 5.74) is 11.1. The van der Waals surface area contributed by atoms with Crippen molar-refractivity contribution in [3.05, 3.63) is 0 Å². The zero-order valence-electron chi connectivity index (χ0n) is 14.7. The van der Waals surface area contributed by atoms with Gasteiger partial charge in [0.05, 0.1) is 12.1 Å². The highest BCUT2D eigenvalue weighted by molar-refractivity contribution is 5.92. The van der Waals surface area contributed by atoms with Crippen molar-refractivity contribution in [2.75, 3.05) is 6.54 Å². The van der Waals surface area contributed by atoms with E-state index in [0.29, 0.717) is 25.8 Å². The fraction of sp³-hybridized carbons (Fsp3) is 0.733. The van der Waals surface area contributed by atoms with Crippen LogP contribution in [0.4, 0.5) is 0 Å². The van der Waals surface area contributed by atoms with E-state index in [2.05, 4.69) is 10.6 Å². The van der Waals surface area contributed by atoms with Crippen LogP contribution in [0.2, 0.25) is 0 Å². The molecule has 0 unspecified atom stereocenters. The topological polar surface area (TPSA) is 205 Å². The van der Waals surface area contributed by atoms with Crippen LogP contribution >= 0.6 is 0 Å². The van der Waals surface area contributed by atoms with E-state index in [4.69, 9.17) is 21.7 Å². The molecule has 0 heterocycles. The van der Waals surface area contributed by atoms with Gasteiger partial charge in [0.1, 0.15) is 6.04 Å². The van der Waals surface area contributed by atoms with Crippen molar-refractivity contribution in [3.8, 4) is 0 Å². The minimum absolute atomic E-state index is 0.255. The maximum absolute atomic E-state index is 12.2. The minimum Gasteiger partial charge on any atom is -0.481 e. The number of amides is 2. The lowest BCUT2D eigenvalue weighted by Gasteiger charge is -2.23. The molecule has 2 amide bonds. The van der Waals surface area contributed by atoms with Crippen LogP contribution in [0.1, 0.15) is 39.0 Å². The first-order chi connectivity index (χ1) is 12.1. The first kappa shape index (κ1) is 23.8. The molecular weight excluding hydrogens is 348 g/mol.